The summed E-state index contributed by atoms with van der Waals surface area (Å²) in [7, 11) is 1.65. The predicted octanol–water partition coefficient (Wildman–Crippen LogP) is 5.26. The molecule has 1 aliphatic rings. The van der Waals surface area contributed by atoms with Crippen LogP contribution in [0.4, 0.5) is 4.39 Å². The Morgan fingerprint density at radius 1 is 1.22 bits per heavy atom. The zero-order chi connectivity index (χ0) is 25.9. The topological polar surface area (TPSA) is 96.3 Å². The molecule has 188 valence electrons. The molecular formula is C27H28FN3O4S. The highest BCUT2D eigenvalue weighted by atomic mass is 32.1. The lowest BCUT2D eigenvalue weighted by Crippen LogP contribution is -2.25. The maximum Gasteiger partial charge on any atom is 0.274 e. The Balaban J connectivity index is 1.70. The molecule has 3 aromatic heterocycles. The summed E-state index contributed by atoms with van der Waals surface area (Å²) in [5.41, 5.74) is 1.19. The molecule has 0 atom stereocenters. The van der Waals surface area contributed by atoms with E-state index in [1.54, 1.807) is 53.1 Å². The molecule has 0 unspecified atom stereocenters. The Hall–Kier alpha value is -3.43. The molecule has 3 heterocycles. The fourth-order valence-corrected chi connectivity index (χ4v) is 5.35. The van der Waals surface area contributed by atoms with E-state index in [0.717, 1.165) is 12.8 Å². The number of pyridine rings is 1. The van der Waals surface area contributed by atoms with E-state index in [9.17, 15) is 19.1 Å². The first kappa shape index (κ1) is 24.3. The number of aryl methyl sites for hydroxylation is 3. The minimum atomic E-state index is -1.14. The molecule has 36 heavy (non-hydrogen) atoms. The van der Waals surface area contributed by atoms with Gasteiger partial charge in [0.05, 0.1) is 10.5 Å². The van der Waals surface area contributed by atoms with Crippen LogP contribution >= 0.6 is 11.3 Å². The van der Waals surface area contributed by atoms with Gasteiger partial charge in [0, 0.05) is 35.1 Å². The van der Waals surface area contributed by atoms with E-state index in [1.165, 1.54) is 28.0 Å². The van der Waals surface area contributed by atoms with Crippen molar-refractivity contribution in [3.63, 3.8) is 0 Å². The van der Waals surface area contributed by atoms with Crippen LogP contribution in [-0.4, -0.2) is 26.6 Å². The van der Waals surface area contributed by atoms with Gasteiger partial charge < -0.3 is 24.7 Å². The summed E-state index contributed by atoms with van der Waals surface area (Å²) < 4.78 is 21.7. The fourth-order valence-electron chi connectivity index (χ4n) is 4.24. The number of aliphatic hydroxyl groups is 1. The van der Waals surface area contributed by atoms with Gasteiger partial charge in [-0.25, -0.2) is 4.39 Å². The van der Waals surface area contributed by atoms with Gasteiger partial charge >= 0.3 is 0 Å². The van der Waals surface area contributed by atoms with Gasteiger partial charge in [0.1, 0.15) is 28.5 Å². The SMILES string of the molecule is Cc1cc(F)cc(C)c1Oc1cc(C(C)(C)O)sc1-c1cn(C)c(=O)c2[nH]c(C(=O)NC3CC3)cc12. The van der Waals surface area contributed by atoms with Crippen LogP contribution in [0.1, 0.15) is 53.2 Å². The number of carbonyl (C=O) groups excluding carboxylic acids is 1. The van der Waals surface area contributed by atoms with Gasteiger partial charge in [-0.05, 0) is 75.9 Å². The van der Waals surface area contributed by atoms with Gasteiger partial charge in [0.2, 0.25) is 0 Å². The molecule has 7 nitrogen and oxygen atoms in total. The number of fused-ring (bicyclic) bond motifs is 1. The lowest BCUT2D eigenvalue weighted by Gasteiger charge is -2.14. The van der Waals surface area contributed by atoms with E-state index in [1.807, 2.05) is 0 Å². The molecule has 0 spiro atoms. The molecule has 1 fully saturated rings. The van der Waals surface area contributed by atoms with Crippen LogP contribution < -0.4 is 15.6 Å². The van der Waals surface area contributed by atoms with E-state index < -0.39 is 5.60 Å². The molecule has 0 radical (unpaired) electrons. The zero-order valence-electron chi connectivity index (χ0n) is 20.8. The second-order valence-electron chi connectivity index (χ2n) is 10.0. The zero-order valence-corrected chi connectivity index (χ0v) is 21.6. The third-order valence-corrected chi connectivity index (χ3v) is 7.77. The summed E-state index contributed by atoms with van der Waals surface area (Å²) in [5.74, 6) is 0.403. The Labute approximate surface area is 211 Å². The van der Waals surface area contributed by atoms with Crippen molar-refractivity contribution in [1.82, 2.24) is 14.9 Å². The van der Waals surface area contributed by atoms with E-state index in [-0.39, 0.29) is 23.3 Å². The number of ether oxygens (including phenoxy) is 1. The monoisotopic (exact) mass is 509 g/mol. The lowest BCUT2D eigenvalue weighted by atomic mass is 10.1. The number of nitrogens with one attached hydrogen (secondary N) is 2. The highest BCUT2D eigenvalue weighted by Crippen LogP contribution is 2.46. The average molecular weight is 510 g/mol. The molecule has 9 heteroatoms. The van der Waals surface area contributed by atoms with Crippen LogP contribution in [0.25, 0.3) is 21.3 Å². The van der Waals surface area contributed by atoms with Crippen LogP contribution in [0.5, 0.6) is 11.5 Å². The molecule has 0 saturated heterocycles. The van der Waals surface area contributed by atoms with Crippen LogP contribution in [0.3, 0.4) is 0 Å². The number of hydrogen-bond donors (Lipinski definition) is 3. The number of thiophene rings is 1. The van der Waals surface area contributed by atoms with Crippen molar-refractivity contribution in [1.29, 1.82) is 0 Å². The van der Waals surface area contributed by atoms with E-state index in [0.29, 0.717) is 54.5 Å². The van der Waals surface area contributed by atoms with Crippen LogP contribution in [0.2, 0.25) is 0 Å². The highest BCUT2D eigenvalue weighted by Gasteiger charge is 2.28. The number of aromatic amines is 1. The van der Waals surface area contributed by atoms with Crippen molar-refractivity contribution in [2.24, 2.45) is 7.05 Å². The van der Waals surface area contributed by atoms with Crippen molar-refractivity contribution in [2.75, 3.05) is 0 Å². The smallest absolute Gasteiger partial charge is 0.274 e. The third kappa shape index (κ3) is 4.44. The highest BCUT2D eigenvalue weighted by molar-refractivity contribution is 7.16. The quantitative estimate of drug-likeness (QED) is 0.330. The number of halogens is 1. The van der Waals surface area contributed by atoms with Gasteiger partial charge in [-0.1, -0.05) is 0 Å². The summed E-state index contributed by atoms with van der Waals surface area (Å²) in [6.45, 7) is 6.92. The lowest BCUT2D eigenvalue weighted by molar-refractivity contribution is 0.0824. The van der Waals surface area contributed by atoms with Crippen molar-refractivity contribution in [3.05, 3.63) is 68.3 Å². The summed E-state index contributed by atoms with van der Waals surface area (Å²) in [6, 6.07) is 6.46. The first-order valence-electron chi connectivity index (χ1n) is 11.8. The van der Waals surface area contributed by atoms with Crippen molar-refractivity contribution in [2.45, 2.75) is 52.2 Å². The number of aromatic nitrogens is 2. The predicted molar refractivity (Wildman–Crippen MR) is 139 cm³/mol. The van der Waals surface area contributed by atoms with E-state index >= 15 is 0 Å². The number of benzene rings is 1. The molecular weight excluding hydrogens is 481 g/mol. The van der Waals surface area contributed by atoms with E-state index in [2.05, 4.69) is 10.3 Å². The first-order chi connectivity index (χ1) is 16.9. The molecule has 1 amide bonds. The number of carbonyl (C=O) groups is 1. The Morgan fingerprint density at radius 2 is 1.89 bits per heavy atom. The second-order valence-corrected chi connectivity index (χ2v) is 11.1. The normalized spacial score (nSPS) is 13.9. The largest absolute Gasteiger partial charge is 0.455 e. The third-order valence-electron chi connectivity index (χ3n) is 6.30. The molecule has 1 aromatic carbocycles. The van der Waals surface area contributed by atoms with Crippen molar-refractivity contribution >= 4 is 28.1 Å². The minimum Gasteiger partial charge on any atom is -0.455 e. The molecule has 0 aliphatic heterocycles. The Kier molecular flexibility index (Phi) is 5.80. The van der Waals surface area contributed by atoms with Crippen LogP contribution in [0, 0.1) is 19.7 Å². The molecule has 1 saturated carbocycles. The number of amides is 1. The molecule has 1 aliphatic carbocycles. The maximum absolute atomic E-state index is 13.9. The molecule has 5 rings (SSSR count). The number of H-pyrrole nitrogens is 1. The summed E-state index contributed by atoms with van der Waals surface area (Å²) in [6.07, 6.45) is 3.62. The summed E-state index contributed by atoms with van der Waals surface area (Å²) in [4.78, 5) is 30.0. The van der Waals surface area contributed by atoms with Gasteiger partial charge in [0.25, 0.3) is 11.5 Å². The van der Waals surface area contributed by atoms with Crippen LogP contribution in [0.15, 0.2) is 35.3 Å². The average Bonchev–Trinajstić information content (AvgIpc) is 3.30. The van der Waals surface area contributed by atoms with E-state index in [4.69, 9.17) is 4.74 Å². The maximum atomic E-state index is 13.9. The molecule has 3 N–H and O–H groups in total. The summed E-state index contributed by atoms with van der Waals surface area (Å²) >= 11 is 1.34. The van der Waals surface area contributed by atoms with Gasteiger partial charge in [-0.15, -0.1) is 11.3 Å². The van der Waals surface area contributed by atoms with Crippen molar-refractivity contribution < 1.29 is 19.0 Å². The van der Waals surface area contributed by atoms with Gasteiger partial charge in [-0.3, -0.25) is 9.59 Å². The standard InChI is InChI=1S/C27H28FN3O4S/c1-13-8-15(28)9-14(2)23(13)35-20-11-21(27(3,4)34)36-24(20)18-12-31(5)26(33)22-17(18)10-19(30-22)25(32)29-16-6-7-16/h8-12,16,30,34H,6-7H2,1-5H3,(H,29,32). The fraction of sp³-hybridized carbons (Fsp3) is 0.333. The molecule has 0 bridgehead atoms. The van der Waals surface area contributed by atoms with Gasteiger partial charge in [0.15, 0.2) is 0 Å². The number of nitrogens with zero attached hydrogens (tertiary/aromatic N) is 1. The summed E-state index contributed by atoms with van der Waals surface area (Å²) in [5, 5.41) is 14.3. The minimum absolute atomic E-state index is 0.181. The van der Waals surface area contributed by atoms with Crippen molar-refractivity contribution in [3.8, 4) is 21.9 Å². The number of hydrogen-bond acceptors (Lipinski definition) is 5. The number of rotatable bonds is 6. The molecule has 4 aromatic rings. The van der Waals surface area contributed by atoms with Gasteiger partial charge in [-0.2, -0.15) is 0 Å². The van der Waals surface area contributed by atoms with Crippen LogP contribution in [-0.2, 0) is 12.6 Å². The first-order valence-corrected chi connectivity index (χ1v) is 12.6. The second kappa shape index (κ2) is 8.60. The Bertz CT molecular complexity index is 1550. The Morgan fingerprint density at radius 3 is 2.50 bits per heavy atom.